The smallest absolute Gasteiger partial charge is 0.387 e. The Hall–Kier alpha value is -2.38. The van der Waals surface area contributed by atoms with Gasteiger partial charge in [-0.15, -0.1) is 0 Å². The van der Waals surface area contributed by atoms with Crippen LogP contribution in [-0.2, 0) is 16.0 Å². The van der Waals surface area contributed by atoms with E-state index >= 15 is 0 Å². The van der Waals surface area contributed by atoms with Crippen LogP contribution in [0.15, 0.2) is 18.2 Å². The third-order valence-corrected chi connectivity index (χ3v) is 3.27. The second-order valence-corrected chi connectivity index (χ2v) is 6.40. The Bertz CT molecular complexity index is 601. The zero-order valence-corrected chi connectivity index (χ0v) is 14.8. The molecule has 2 amide bonds. The molecule has 1 aromatic rings. The Labute approximate surface area is 145 Å². The molecule has 6 nitrogen and oxygen atoms in total. The lowest BCUT2D eigenvalue weighted by Crippen LogP contribution is -2.42. The van der Waals surface area contributed by atoms with Crippen LogP contribution in [0.1, 0.15) is 26.3 Å². The number of benzene rings is 1. The molecule has 0 radical (unpaired) electrons. The van der Waals surface area contributed by atoms with Gasteiger partial charge in [-0.2, -0.15) is 8.78 Å². The summed E-state index contributed by atoms with van der Waals surface area (Å²) in [7, 11) is 1.36. The van der Waals surface area contributed by atoms with Crippen LogP contribution in [0.25, 0.3) is 0 Å². The van der Waals surface area contributed by atoms with Crippen molar-refractivity contribution in [1.82, 2.24) is 10.6 Å². The summed E-state index contributed by atoms with van der Waals surface area (Å²) in [5.41, 5.74) is 0.233. The van der Waals surface area contributed by atoms with Gasteiger partial charge in [-0.3, -0.25) is 9.59 Å². The Morgan fingerprint density at radius 3 is 2.40 bits per heavy atom. The van der Waals surface area contributed by atoms with Crippen LogP contribution in [-0.4, -0.2) is 38.6 Å². The molecule has 0 aromatic heterocycles. The minimum absolute atomic E-state index is 0.0461. The zero-order chi connectivity index (χ0) is 19.0. The first-order chi connectivity index (χ1) is 11.6. The van der Waals surface area contributed by atoms with Crippen molar-refractivity contribution in [2.24, 2.45) is 5.41 Å². The third kappa shape index (κ3) is 7.36. The van der Waals surface area contributed by atoms with E-state index in [1.807, 2.05) is 0 Å². The molecule has 0 fully saturated rings. The number of rotatable bonds is 8. The fourth-order valence-corrected chi connectivity index (χ4v) is 1.90. The molecular weight excluding hydrogens is 334 g/mol. The molecule has 25 heavy (non-hydrogen) atoms. The number of methoxy groups -OCH3 is 1. The molecule has 0 saturated heterocycles. The Kier molecular flexibility index (Phi) is 7.60. The van der Waals surface area contributed by atoms with E-state index in [0.29, 0.717) is 13.0 Å². The minimum atomic E-state index is -2.93. The van der Waals surface area contributed by atoms with Crippen molar-refractivity contribution in [3.05, 3.63) is 23.8 Å². The summed E-state index contributed by atoms with van der Waals surface area (Å²) in [5.74, 6) is -0.360. The summed E-state index contributed by atoms with van der Waals surface area (Å²) in [5, 5.41) is 5.23. The van der Waals surface area contributed by atoms with Gasteiger partial charge >= 0.3 is 6.61 Å². The maximum absolute atomic E-state index is 12.3. The van der Waals surface area contributed by atoms with E-state index < -0.39 is 12.0 Å². The largest absolute Gasteiger partial charge is 0.493 e. The molecule has 0 spiro atoms. The standard InChI is InChI=1S/C17H24F2N2O4/c1-17(2,3)15(23)21-10-14(22)20-8-7-11-5-6-12(25-16(18)19)13(9-11)24-4/h5-6,9,16H,7-8,10H2,1-4H3,(H,20,22)(H,21,23). The number of hydrogen-bond donors (Lipinski definition) is 2. The minimum Gasteiger partial charge on any atom is -0.493 e. The van der Waals surface area contributed by atoms with E-state index in [-0.39, 0.29) is 29.9 Å². The summed E-state index contributed by atoms with van der Waals surface area (Å²) in [4.78, 5) is 23.4. The number of carbonyl (C=O) groups is 2. The molecular formula is C17H24F2N2O4. The predicted molar refractivity (Wildman–Crippen MR) is 88.8 cm³/mol. The summed E-state index contributed by atoms with van der Waals surface area (Å²) < 4.78 is 33.9. The average molecular weight is 358 g/mol. The van der Waals surface area contributed by atoms with Crippen LogP contribution in [0.5, 0.6) is 11.5 Å². The van der Waals surface area contributed by atoms with Crippen LogP contribution in [0.4, 0.5) is 8.78 Å². The summed E-state index contributed by atoms with van der Waals surface area (Å²) in [6, 6.07) is 4.59. The predicted octanol–water partition coefficient (Wildman–Crippen LogP) is 2.12. The lowest BCUT2D eigenvalue weighted by atomic mass is 9.96. The first-order valence-electron chi connectivity index (χ1n) is 7.80. The molecule has 8 heteroatoms. The SMILES string of the molecule is COc1cc(CCNC(=O)CNC(=O)C(C)(C)C)ccc1OC(F)F. The number of nitrogens with one attached hydrogen (secondary N) is 2. The number of halogens is 2. The highest BCUT2D eigenvalue weighted by Crippen LogP contribution is 2.29. The molecule has 0 aliphatic heterocycles. The van der Waals surface area contributed by atoms with Crippen LogP contribution in [0.3, 0.4) is 0 Å². The van der Waals surface area contributed by atoms with Crippen molar-refractivity contribution in [2.75, 3.05) is 20.2 Å². The van der Waals surface area contributed by atoms with E-state index in [4.69, 9.17) is 4.74 Å². The fourth-order valence-electron chi connectivity index (χ4n) is 1.90. The Morgan fingerprint density at radius 2 is 1.84 bits per heavy atom. The van der Waals surface area contributed by atoms with Gasteiger partial charge in [0, 0.05) is 12.0 Å². The van der Waals surface area contributed by atoms with Gasteiger partial charge in [0.25, 0.3) is 0 Å². The summed E-state index contributed by atoms with van der Waals surface area (Å²) in [6.45, 7) is 2.59. The molecule has 2 N–H and O–H groups in total. The maximum atomic E-state index is 12.3. The van der Waals surface area contributed by atoms with E-state index in [1.54, 1.807) is 32.9 Å². The van der Waals surface area contributed by atoms with Gasteiger partial charge in [0.1, 0.15) is 0 Å². The molecule has 0 aliphatic rings. The molecule has 0 heterocycles. The Morgan fingerprint density at radius 1 is 1.16 bits per heavy atom. The molecule has 0 saturated carbocycles. The van der Waals surface area contributed by atoms with Gasteiger partial charge in [-0.05, 0) is 24.1 Å². The molecule has 1 rings (SSSR count). The number of alkyl halides is 2. The van der Waals surface area contributed by atoms with Crippen molar-refractivity contribution in [3.8, 4) is 11.5 Å². The normalized spacial score (nSPS) is 11.2. The van der Waals surface area contributed by atoms with Crippen molar-refractivity contribution < 1.29 is 27.8 Å². The van der Waals surface area contributed by atoms with E-state index in [2.05, 4.69) is 15.4 Å². The first-order valence-corrected chi connectivity index (χ1v) is 7.80. The van der Waals surface area contributed by atoms with Gasteiger partial charge in [0.2, 0.25) is 11.8 Å². The average Bonchev–Trinajstić information content (AvgIpc) is 2.52. The second-order valence-electron chi connectivity index (χ2n) is 6.40. The zero-order valence-electron chi connectivity index (χ0n) is 14.8. The molecule has 0 atom stereocenters. The molecule has 1 aromatic carbocycles. The number of hydrogen-bond acceptors (Lipinski definition) is 4. The highest BCUT2D eigenvalue weighted by Gasteiger charge is 2.21. The molecule has 0 bridgehead atoms. The number of carbonyl (C=O) groups excluding carboxylic acids is 2. The van der Waals surface area contributed by atoms with Gasteiger partial charge in [0.15, 0.2) is 11.5 Å². The highest BCUT2D eigenvalue weighted by atomic mass is 19.3. The van der Waals surface area contributed by atoms with E-state index in [1.165, 1.54) is 13.2 Å². The van der Waals surface area contributed by atoms with Crippen LogP contribution in [0.2, 0.25) is 0 Å². The van der Waals surface area contributed by atoms with E-state index in [0.717, 1.165) is 5.56 Å². The number of amides is 2. The fraction of sp³-hybridized carbons (Fsp3) is 0.529. The molecule has 0 aliphatic carbocycles. The van der Waals surface area contributed by atoms with Crippen LogP contribution >= 0.6 is 0 Å². The third-order valence-electron chi connectivity index (χ3n) is 3.27. The monoisotopic (exact) mass is 358 g/mol. The van der Waals surface area contributed by atoms with E-state index in [9.17, 15) is 18.4 Å². The maximum Gasteiger partial charge on any atom is 0.387 e. The van der Waals surface area contributed by atoms with Crippen molar-refractivity contribution >= 4 is 11.8 Å². The Balaban J connectivity index is 2.45. The number of ether oxygens (including phenoxy) is 2. The van der Waals surface area contributed by atoms with Gasteiger partial charge in [-0.25, -0.2) is 0 Å². The van der Waals surface area contributed by atoms with Crippen molar-refractivity contribution in [2.45, 2.75) is 33.8 Å². The van der Waals surface area contributed by atoms with Gasteiger partial charge in [0.05, 0.1) is 13.7 Å². The highest BCUT2D eigenvalue weighted by molar-refractivity contribution is 5.87. The molecule has 140 valence electrons. The first kappa shape index (κ1) is 20.7. The van der Waals surface area contributed by atoms with Crippen molar-refractivity contribution in [3.63, 3.8) is 0 Å². The van der Waals surface area contributed by atoms with Crippen LogP contribution < -0.4 is 20.1 Å². The summed E-state index contributed by atoms with van der Waals surface area (Å²) in [6.07, 6.45) is 0.476. The second kappa shape index (κ2) is 9.19. The lowest BCUT2D eigenvalue weighted by Gasteiger charge is -2.17. The van der Waals surface area contributed by atoms with Crippen molar-refractivity contribution in [1.29, 1.82) is 0 Å². The summed E-state index contributed by atoms with van der Waals surface area (Å²) >= 11 is 0. The topological polar surface area (TPSA) is 76.7 Å². The lowest BCUT2D eigenvalue weighted by molar-refractivity contribution is -0.131. The van der Waals surface area contributed by atoms with Crippen LogP contribution in [0, 0.1) is 5.41 Å². The van der Waals surface area contributed by atoms with Gasteiger partial charge < -0.3 is 20.1 Å². The molecule has 0 unspecified atom stereocenters. The van der Waals surface area contributed by atoms with Gasteiger partial charge in [-0.1, -0.05) is 26.8 Å². The quantitative estimate of drug-likeness (QED) is 0.746.